The van der Waals surface area contributed by atoms with E-state index in [9.17, 15) is 19.4 Å². The first-order chi connectivity index (χ1) is 24.5. The molecule has 8 nitrogen and oxygen atoms in total. The number of nitrogens with zero attached hydrogens (tertiary/aromatic N) is 1. The second kappa shape index (κ2) is 34.7. The maximum atomic E-state index is 12.5. The number of phosphoric ester groups is 1. The SMILES string of the molecule is CCCCCCCCCCCCCCCCCCCCCC/C=C/CC/C=C/C(O)C(COP(=O)(O)OCC[N+](C)(C)C)NC(=O)CCCCC. The molecule has 0 rings (SSSR count). The van der Waals surface area contributed by atoms with Crippen LogP contribution in [0, 0.1) is 0 Å². The van der Waals surface area contributed by atoms with Crippen molar-refractivity contribution < 1.29 is 32.9 Å². The molecular formula is C42H84N2O6P+. The van der Waals surface area contributed by atoms with Gasteiger partial charge in [0.25, 0.3) is 0 Å². The number of allylic oxidation sites excluding steroid dienone is 3. The van der Waals surface area contributed by atoms with E-state index in [2.05, 4.69) is 31.3 Å². The fraction of sp³-hybridized carbons (Fsp3) is 0.881. The number of hydrogen-bond donors (Lipinski definition) is 3. The van der Waals surface area contributed by atoms with E-state index in [0.29, 0.717) is 17.4 Å². The van der Waals surface area contributed by atoms with Gasteiger partial charge >= 0.3 is 7.82 Å². The van der Waals surface area contributed by atoms with E-state index in [4.69, 9.17) is 9.05 Å². The van der Waals surface area contributed by atoms with Crippen LogP contribution in [0.4, 0.5) is 0 Å². The van der Waals surface area contributed by atoms with Crippen molar-refractivity contribution in [2.75, 3.05) is 40.9 Å². The lowest BCUT2D eigenvalue weighted by molar-refractivity contribution is -0.870. The largest absolute Gasteiger partial charge is 0.472 e. The molecule has 0 radical (unpaired) electrons. The van der Waals surface area contributed by atoms with Gasteiger partial charge in [-0.15, -0.1) is 0 Å². The van der Waals surface area contributed by atoms with Crippen molar-refractivity contribution in [3.63, 3.8) is 0 Å². The summed E-state index contributed by atoms with van der Waals surface area (Å²) in [5.74, 6) is -0.212. The molecule has 0 fully saturated rings. The first kappa shape index (κ1) is 50.0. The van der Waals surface area contributed by atoms with Crippen LogP contribution in [0.3, 0.4) is 0 Å². The molecule has 0 aromatic carbocycles. The number of aliphatic hydroxyl groups is 1. The summed E-state index contributed by atoms with van der Waals surface area (Å²) in [7, 11) is 1.55. The van der Waals surface area contributed by atoms with E-state index in [1.165, 1.54) is 128 Å². The molecule has 0 aliphatic rings. The lowest BCUT2D eigenvalue weighted by Gasteiger charge is -2.25. The molecule has 3 unspecified atom stereocenters. The molecule has 302 valence electrons. The van der Waals surface area contributed by atoms with Crippen molar-refractivity contribution in [3.05, 3.63) is 24.3 Å². The Morgan fingerprint density at radius 2 is 1.08 bits per heavy atom. The Morgan fingerprint density at radius 3 is 1.57 bits per heavy atom. The molecule has 0 aliphatic carbocycles. The number of unbranched alkanes of at least 4 members (excludes halogenated alkanes) is 23. The van der Waals surface area contributed by atoms with Crippen molar-refractivity contribution in [3.8, 4) is 0 Å². The number of likely N-dealkylation sites (N-methyl/N-ethyl adjacent to an activating group) is 1. The minimum Gasteiger partial charge on any atom is -0.387 e. The smallest absolute Gasteiger partial charge is 0.387 e. The van der Waals surface area contributed by atoms with Crippen molar-refractivity contribution in [1.29, 1.82) is 0 Å². The Labute approximate surface area is 315 Å². The summed E-state index contributed by atoms with van der Waals surface area (Å²) in [6.07, 6.45) is 40.7. The highest BCUT2D eigenvalue weighted by molar-refractivity contribution is 7.47. The third-order valence-corrected chi connectivity index (χ3v) is 10.4. The van der Waals surface area contributed by atoms with Crippen molar-refractivity contribution >= 4 is 13.7 Å². The molecule has 0 heterocycles. The number of aliphatic hydroxyl groups excluding tert-OH is 1. The summed E-state index contributed by atoms with van der Waals surface area (Å²) < 4.78 is 23.2. The number of nitrogens with one attached hydrogen (secondary N) is 1. The number of carbonyl (C=O) groups excluding carboxylic acids is 1. The van der Waals surface area contributed by atoms with E-state index in [1.807, 2.05) is 27.2 Å². The van der Waals surface area contributed by atoms with Crippen LogP contribution in [-0.2, 0) is 18.4 Å². The lowest BCUT2D eigenvalue weighted by Crippen LogP contribution is -2.45. The number of rotatable bonds is 38. The van der Waals surface area contributed by atoms with Gasteiger partial charge in [0.2, 0.25) is 5.91 Å². The van der Waals surface area contributed by atoms with Crippen molar-refractivity contribution in [2.45, 2.75) is 199 Å². The quantitative estimate of drug-likeness (QED) is 0.0252. The fourth-order valence-electron chi connectivity index (χ4n) is 6.00. The van der Waals surface area contributed by atoms with Gasteiger partial charge in [0.05, 0.1) is 39.9 Å². The average Bonchev–Trinajstić information content (AvgIpc) is 3.07. The van der Waals surface area contributed by atoms with Gasteiger partial charge in [-0.3, -0.25) is 13.8 Å². The number of phosphoric acid groups is 1. The third kappa shape index (κ3) is 37.1. The Morgan fingerprint density at radius 1 is 0.647 bits per heavy atom. The molecule has 0 aliphatic heterocycles. The fourth-order valence-corrected chi connectivity index (χ4v) is 6.73. The summed E-state index contributed by atoms with van der Waals surface area (Å²) >= 11 is 0. The Balaban J connectivity index is 4.01. The molecule has 0 spiro atoms. The molecule has 0 saturated heterocycles. The monoisotopic (exact) mass is 744 g/mol. The second-order valence-electron chi connectivity index (χ2n) is 15.7. The minimum absolute atomic E-state index is 0.0564. The maximum absolute atomic E-state index is 12.5. The third-order valence-electron chi connectivity index (χ3n) is 9.42. The van der Waals surface area contributed by atoms with Crippen LogP contribution in [0.15, 0.2) is 24.3 Å². The summed E-state index contributed by atoms with van der Waals surface area (Å²) in [6.45, 7) is 4.61. The summed E-state index contributed by atoms with van der Waals surface area (Å²) in [4.78, 5) is 22.6. The summed E-state index contributed by atoms with van der Waals surface area (Å²) in [6, 6.07) is -0.854. The predicted molar refractivity (Wildman–Crippen MR) is 217 cm³/mol. The molecule has 0 aromatic heterocycles. The van der Waals surface area contributed by atoms with Crippen LogP contribution in [-0.4, -0.2) is 73.4 Å². The number of quaternary nitrogens is 1. The average molecular weight is 744 g/mol. The Kier molecular flexibility index (Phi) is 34.0. The van der Waals surface area contributed by atoms with E-state index >= 15 is 0 Å². The van der Waals surface area contributed by atoms with Gasteiger partial charge in [0, 0.05) is 6.42 Å². The highest BCUT2D eigenvalue weighted by atomic mass is 31.2. The van der Waals surface area contributed by atoms with Gasteiger partial charge < -0.3 is 19.8 Å². The van der Waals surface area contributed by atoms with Gasteiger partial charge in [0.1, 0.15) is 13.2 Å². The molecule has 0 saturated carbocycles. The van der Waals surface area contributed by atoms with Gasteiger partial charge in [-0.25, -0.2) is 4.57 Å². The molecule has 9 heteroatoms. The van der Waals surface area contributed by atoms with Crippen molar-refractivity contribution in [1.82, 2.24) is 5.32 Å². The summed E-state index contributed by atoms with van der Waals surface area (Å²) in [5.41, 5.74) is 0. The zero-order chi connectivity index (χ0) is 37.9. The standard InChI is InChI=1S/C42H83N2O6P/c1-6-8-10-11-12-13-14-15-16-17-18-19-20-21-22-23-24-25-26-27-28-29-30-31-32-34-35-41(45)40(43-42(46)36-33-9-7-2)39-50-51(47,48)49-38-37-44(3,4)5/h29-30,34-35,40-41,45H,6-28,31-33,36-39H2,1-5H3,(H-,43,46,47,48)/p+1/b30-29+,35-34+. The number of hydrogen-bond acceptors (Lipinski definition) is 5. The van der Waals surface area contributed by atoms with E-state index in [0.717, 1.165) is 38.5 Å². The minimum atomic E-state index is -4.32. The number of carbonyl (C=O) groups is 1. The van der Waals surface area contributed by atoms with Crippen LogP contribution in [0.5, 0.6) is 0 Å². The van der Waals surface area contributed by atoms with Gasteiger partial charge in [-0.2, -0.15) is 0 Å². The number of amides is 1. The van der Waals surface area contributed by atoms with Crippen LogP contribution < -0.4 is 5.32 Å². The van der Waals surface area contributed by atoms with Crippen molar-refractivity contribution in [2.24, 2.45) is 0 Å². The molecule has 1 amide bonds. The molecule has 0 bridgehead atoms. The van der Waals surface area contributed by atoms with E-state index in [-0.39, 0.29) is 19.1 Å². The second-order valence-corrected chi connectivity index (χ2v) is 17.2. The normalized spacial score (nSPS) is 14.7. The van der Waals surface area contributed by atoms with Crippen LogP contribution in [0.2, 0.25) is 0 Å². The first-order valence-electron chi connectivity index (χ1n) is 21.2. The molecule has 0 aromatic rings. The Bertz CT molecular complexity index is 891. The van der Waals surface area contributed by atoms with E-state index < -0.39 is 20.0 Å². The lowest BCUT2D eigenvalue weighted by atomic mass is 10.0. The van der Waals surface area contributed by atoms with Crippen LogP contribution in [0.1, 0.15) is 187 Å². The highest BCUT2D eigenvalue weighted by Gasteiger charge is 2.27. The highest BCUT2D eigenvalue weighted by Crippen LogP contribution is 2.43. The van der Waals surface area contributed by atoms with Gasteiger partial charge in [0.15, 0.2) is 0 Å². The molecule has 51 heavy (non-hydrogen) atoms. The maximum Gasteiger partial charge on any atom is 0.472 e. The summed E-state index contributed by atoms with van der Waals surface area (Å²) in [5, 5.41) is 13.6. The molecule has 3 N–H and O–H groups in total. The molecule has 3 atom stereocenters. The first-order valence-corrected chi connectivity index (χ1v) is 22.7. The van der Waals surface area contributed by atoms with E-state index in [1.54, 1.807) is 6.08 Å². The van der Waals surface area contributed by atoms with Gasteiger partial charge in [-0.05, 0) is 32.1 Å². The zero-order valence-electron chi connectivity index (χ0n) is 34.1. The topological polar surface area (TPSA) is 105 Å². The van der Waals surface area contributed by atoms with Gasteiger partial charge in [-0.1, -0.05) is 173 Å². The Hall–Kier alpha value is -1.02. The van der Waals surface area contributed by atoms with Crippen LogP contribution >= 0.6 is 7.82 Å². The van der Waals surface area contributed by atoms with Crippen LogP contribution in [0.25, 0.3) is 0 Å². The predicted octanol–water partition coefficient (Wildman–Crippen LogP) is 11.4. The zero-order valence-corrected chi connectivity index (χ0v) is 35.0. The molecular weight excluding hydrogens is 659 g/mol.